The summed E-state index contributed by atoms with van der Waals surface area (Å²) in [7, 11) is 0. The smallest absolute Gasteiger partial charge is 0.276 e. The SMILES string of the molecule is CCNC(=NCCc1noc(-c2ccccn2)n1)NC1CC(C)(C)Oc2ccccc21. The summed E-state index contributed by atoms with van der Waals surface area (Å²) in [6.45, 7) is 7.57. The van der Waals surface area contributed by atoms with Gasteiger partial charge >= 0.3 is 0 Å². The van der Waals surface area contributed by atoms with Gasteiger partial charge in [-0.25, -0.2) is 0 Å². The van der Waals surface area contributed by atoms with Crippen molar-refractivity contribution in [2.75, 3.05) is 13.1 Å². The van der Waals surface area contributed by atoms with Crippen LogP contribution in [0.4, 0.5) is 0 Å². The molecule has 0 saturated carbocycles. The van der Waals surface area contributed by atoms with Gasteiger partial charge in [-0.15, -0.1) is 0 Å². The van der Waals surface area contributed by atoms with Gasteiger partial charge in [0, 0.05) is 37.7 Å². The van der Waals surface area contributed by atoms with E-state index in [2.05, 4.69) is 52.6 Å². The maximum atomic E-state index is 6.14. The summed E-state index contributed by atoms with van der Waals surface area (Å²) in [6.07, 6.45) is 3.11. The average molecular weight is 421 g/mol. The molecule has 0 bridgehead atoms. The molecule has 2 aromatic heterocycles. The second-order valence-corrected chi connectivity index (χ2v) is 8.04. The molecule has 0 radical (unpaired) electrons. The molecule has 1 aromatic carbocycles. The topological polar surface area (TPSA) is 97.5 Å². The van der Waals surface area contributed by atoms with E-state index in [1.165, 1.54) is 0 Å². The number of rotatable bonds is 6. The minimum atomic E-state index is -0.254. The van der Waals surface area contributed by atoms with Crippen LogP contribution < -0.4 is 15.4 Å². The fourth-order valence-corrected chi connectivity index (χ4v) is 3.63. The summed E-state index contributed by atoms with van der Waals surface area (Å²) in [5.74, 6) is 2.71. The summed E-state index contributed by atoms with van der Waals surface area (Å²) < 4.78 is 11.5. The van der Waals surface area contributed by atoms with Crippen LogP contribution in [0.25, 0.3) is 11.6 Å². The van der Waals surface area contributed by atoms with Crippen molar-refractivity contribution in [1.29, 1.82) is 0 Å². The van der Waals surface area contributed by atoms with E-state index >= 15 is 0 Å². The molecule has 2 N–H and O–H groups in total. The molecular formula is C23H28N6O2. The van der Waals surface area contributed by atoms with Gasteiger partial charge in [0.15, 0.2) is 11.8 Å². The van der Waals surface area contributed by atoms with E-state index in [0.717, 1.165) is 30.2 Å². The van der Waals surface area contributed by atoms with Crippen LogP contribution in [0.15, 0.2) is 58.2 Å². The highest BCUT2D eigenvalue weighted by molar-refractivity contribution is 5.80. The monoisotopic (exact) mass is 420 g/mol. The fourth-order valence-electron chi connectivity index (χ4n) is 3.63. The highest BCUT2D eigenvalue weighted by Crippen LogP contribution is 2.39. The molecular weight excluding hydrogens is 392 g/mol. The Morgan fingerprint density at radius 3 is 2.84 bits per heavy atom. The van der Waals surface area contributed by atoms with Crippen molar-refractivity contribution < 1.29 is 9.26 Å². The van der Waals surface area contributed by atoms with Gasteiger partial charge in [-0.2, -0.15) is 4.98 Å². The number of aliphatic imine (C=N–C) groups is 1. The Kier molecular flexibility index (Phi) is 6.16. The van der Waals surface area contributed by atoms with Gasteiger partial charge in [0.25, 0.3) is 5.89 Å². The van der Waals surface area contributed by atoms with Gasteiger partial charge in [0.05, 0.1) is 6.04 Å². The van der Waals surface area contributed by atoms with E-state index in [1.807, 2.05) is 36.4 Å². The zero-order valence-electron chi connectivity index (χ0n) is 18.1. The van der Waals surface area contributed by atoms with Crippen molar-refractivity contribution in [2.24, 2.45) is 4.99 Å². The maximum Gasteiger partial charge on any atom is 0.276 e. The van der Waals surface area contributed by atoms with Crippen molar-refractivity contribution in [3.05, 3.63) is 60.0 Å². The number of para-hydroxylation sites is 1. The third kappa shape index (κ3) is 5.20. The lowest BCUT2D eigenvalue weighted by Crippen LogP contribution is -2.45. The quantitative estimate of drug-likeness (QED) is 0.465. The molecule has 8 nitrogen and oxygen atoms in total. The molecule has 8 heteroatoms. The predicted molar refractivity (Wildman–Crippen MR) is 119 cm³/mol. The Balaban J connectivity index is 1.43. The zero-order chi connectivity index (χ0) is 21.7. The van der Waals surface area contributed by atoms with Crippen molar-refractivity contribution in [2.45, 2.75) is 45.3 Å². The molecule has 1 aliphatic heterocycles. The molecule has 3 aromatic rings. The van der Waals surface area contributed by atoms with E-state index in [9.17, 15) is 0 Å². The van der Waals surface area contributed by atoms with Crippen LogP contribution in [0.5, 0.6) is 5.75 Å². The van der Waals surface area contributed by atoms with Crippen molar-refractivity contribution >= 4 is 5.96 Å². The van der Waals surface area contributed by atoms with Gasteiger partial charge in [0.2, 0.25) is 0 Å². The van der Waals surface area contributed by atoms with Crippen molar-refractivity contribution in [1.82, 2.24) is 25.8 Å². The molecule has 1 unspecified atom stereocenters. The van der Waals surface area contributed by atoms with Crippen LogP contribution in [0, 0.1) is 0 Å². The number of hydrogen-bond acceptors (Lipinski definition) is 6. The van der Waals surface area contributed by atoms with Crippen LogP contribution in [-0.4, -0.2) is 39.8 Å². The number of aromatic nitrogens is 3. The van der Waals surface area contributed by atoms with E-state index in [-0.39, 0.29) is 11.6 Å². The molecule has 0 amide bonds. The molecule has 1 atom stereocenters. The molecule has 0 aliphatic carbocycles. The van der Waals surface area contributed by atoms with Gasteiger partial charge in [-0.05, 0) is 39.0 Å². The lowest BCUT2D eigenvalue weighted by atomic mass is 9.90. The Morgan fingerprint density at radius 1 is 1.19 bits per heavy atom. The number of hydrogen-bond donors (Lipinski definition) is 2. The number of benzene rings is 1. The molecule has 162 valence electrons. The van der Waals surface area contributed by atoms with Gasteiger partial charge < -0.3 is 19.9 Å². The van der Waals surface area contributed by atoms with Crippen LogP contribution in [-0.2, 0) is 6.42 Å². The van der Waals surface area contributed by atoms with Crippen LogP contribution in [0.1, 0.15) is 44.6 Å². The first-order valence-corrected chi connectivity index (χ1v) is 10.6. The summed E-state index contributed by atoms with van der Waals surface area (Å²) in [6, 6.07) is 13.8. The first-order chi connectivity index (χ1) is 15.0. The van der Waals surface area contributed by atoms with Crippen molar-refractivity contribution in [3.8, 4) is 17.3 Å². The Labute approximate surface area is 182 Å². The summed E-state index contributed by atoms with van der Waals surface area (Å²) in [5, 5.41) is 10.9. The summed E-state index contributed by atoms with van der Waals surface area (Å²) in [4.78, 5) is 13.4. The predicted octanol–water partition coefficient (Wildman–Crippen LogP) is 3.53. The van der Waals surface area contributed by atoms with Crippen LogP contribution >= 0.6 is 0 Å². The van der Waals surface area contributed by atoms with Crippen LogP contribution in [0.2, 0.25) is 0 Å². The Bertz CT molecular complexity index is 1030. The summed E-state index contributed by atoms with van der Waals surface area (Å²) >= 11 is 0. The zero-order valence-corrected chi connectivity index (χ0v) is 18.1. The van der Waals surface area contributed by atoms with Crippen LogP contribution in [0.3, 0.4) is 0 Å². The van der Waals surface area contributed by atoms with E-state index in [1.54, 1.807) is 6.20 Å². The van der Waals surface area contributed by atoms with E-state index in [0.29, 0.717) is 30.4 Å². The first kappa shape index (κ1) is 20.8. The molecule has 31 heavy (non-hydrogen) atoms. The standard InChI is InChI=1S/C23H28N6O2/c1-4-24-22(27-18-15-23(2,3)30-19-11-6-5-9-16(18)19)26-14-12-20-28-21(31-29-20)17-10-7-8-13-25-17/h5-11,13,18H,4,12,14-15H2,1-3H3,(H2,24,26,27). The third-order valence-electron chi connectivity index (χ3n) is 4.99. The number of pyridine rings is 1. The minimum Gasteiger partial charge on any atom is -0.487 e. The van der Waals surface area contributed by atoms with Gasteiger partial charge in [-0.1, -0.05) is 29.4 Å². The second-order valence-electron chi connectivity index (χ2n) is 8.04. The number of nitrogens with one attached hydrogen (secondary N) is 2. The third-order valence-corrected chi connectivity index (χ3v) is 4.99. The average Bonchev–Trinajstić information content (AvgIpc) is 3.23. The highest BCUT2D eigenvalue weighted by atomic mass is 16.5. The Morgan fingerprint density at radius 2 is 2.03 bits per heavy atom. The largest absolute Gasteiger partial charge is 0.487 e. The lowest BCUT2D eigenvalue weighted by molar-refractivity contribution is 0.0694. The molecule has 0 saturated heterocycles. The normalized spacial score (nSPS) is 17.5. The number of fused-ring (bicyclic) bond motifs is 1. The number of nitrogens with zero attached hydrogens (tertiary/aromatic N) is 4. The van der Waals surface area contributed by atoms with Crippen molar-refractivity contribution in [3.63, 3.8) is 0 Å². The van der Waals surface area contributed by atoms with E-state index < -0.39 is 0 Å². The second kappa shape index (κ2) is 9.16. The highest BCUT2D eigenvalue weighted by Gasteiger charge is 2.33. The maximum absolute atomic E-state index is 6.14. The molecule has 4 rings (SSSR count). The summed E-state index contributed by atoms with van der Waals surface area (Å²) in [5.41, 5.74) is 1.56. The number of guanidine groups is 1. The van der Waals surface area contributed by atoms with Gasteiger partial charge in [-0.3, -0.25) is 9.98 Å². The lowest BCUT2D eigenvalue weighted by Gasteiger charge is -2.38. The minimum absolute atomic E-state index is 0.110. The molecule has 0 fully saturated rings. The molecule has 1 aliphatic rings. The van der Waals surface area contributed by atoms with E-state index in [4.69, 9.17) is 14.3 Å². The fraction of sp³-hybridized carbons (Fsp3) is 0.391. The number of ether oxygens (including phenoxy) is 1. The first-order valence-electron chi connectivity index (χ1n) is 10.6. The molecule has 3 heterocycles. The van der Waals surface area contributed by atoms with Gasteiger partial charge in [0.1, 0.15) is 17.0 Å². The molecule has 0 spiro atoms. The Hall–Kier alpha value is -3.42.